The molecule has 3 atom stereocenters. The Morgan fingerprint density at radius 2 is 1.90 bits per heavy atom. The van der Waals surface area contributed by atoms with Gasteiger partial charge >= 0.3 is 0 Å². The van der Waals surface area contributed by atoms with E-state index < -0.39 is 0 Å². The van der Waals surface area contributed by atoms with Gasteiger partial charge < -0.3 is 14.4 Å². The van der Waals surface area contributed by atoms with Gasteiger partial charge in [-0.3, -0.25) is 9.69 Å². The van der Waals surface area contributed by atoms with Gasteiger partial charge in [-0.25, -0.2) is 0 Å². The van der Waals surface area contributed by atoms with Gasteiger partial charge in [-0.2, -0.15) is 0 Å². The van der Waals surface area contributed by atoms with Gasteiger partial charge in [-0.15, -0.1) is 0 Å². The SMILES string of the molecule is COc1ccc(CN2C[C@@H]3[C@H](OC)C(=O)N(C)[C@@H]3C2)cc1. The van der Waals surface area contributed by atoms with Crippen molar-refractivity contribution in [2.24, 2.45) is 5.92 Å². The Morgan fingerprint density at radius 3 is 2.52 bits per heavy atom. The minimum atomic E-state index is -0.277. The minimum Gasteiger partial charge on any atom is -0.497 e. The number of carbonyl (C=O) groups excluding carboxylic acids is 1. The second-order valence-corrected chi connectivity index (χ2v) is 5.88. The summed E-state index contributed by atoms with van der Waals surface area (Å²) in [7, 11) is 5.19. The summed E-state index contributed by atoms with van der Waals surface area (Å²) in [6.07, 6.45) is -0.277. The number of carbonyl (C=O) groups is 1. The molecule has 0 bridgehead atoms. The number of hydrogen-bond donors (Lipinski definition) is 0. The van der Waals surface area contributed by atoms with Crippen molar-refractivity contribution in [3.8, 4) is 5.75 Å². The second-order valence-electron chi connectivity index (χ2n) is 5.88. The zero-order valence-corrected chi connectivity index (χ0v) is 12.8. The summed E-state index contributed by atoms with van der Waals surface area (Å²) in [6, 6.07) is 8.44. The molecule has 3 rings (SSSR count). The van der Waals surface area contributed by atoms with E-state index in [4.69, 9.17) is 9.47 Å². The molecule has 5 nitrogen and oxygen atoms in total. The molecule has 0 radical (unpaired) electrons. The van der Waals surface area contributed by atoms with Gasteiger partial charge in [0.2, 0.25) is 0 Å². The molecule has 0 aliphatic carbocycles. The molecular formula is C16H22N2O3. The molecule has 0 saturated carbocycles. The molecule has 2 aliphatic rings. The maximum Gasteiger partial charge on any atom is 0.252 e. The number of methoxy groups -OCH3 is 2. The van der Waals surface area contributed by atoms with Crippen molar-refractivity contribution in [3.63, 3.8) is 0 Å². The predicted molar refractivity (Wildman–Crippen MR) is 79.1 cm³/mol. The van der Waals surface area contributed by atoms with E-state index in [1.54, 1.807) is 14.2 Å². The molecule has 114 valence electrons. The molecule has 0 N–H and O–H groups in total. The average Bonchev–Trinajstić information content (AvgIpc) is 2.99. The highest BCUT2D eigenvalue weighted by atomic mass is 16.5. The number of benzene rings is 1. The second kappa shape index (κ2) is 5.66. The molecule has 2 aliphatic heterocycles. The van der Waals surface area contributed by atoms with Crippen molar-refractivity contribution in [2.45, 2.75) is 18.7 Å². The number of likely N-dealkylation sites (N-methyl/N-ethyl adjacent to an activating group) is 1. The third-order valence-electron chi connectivity index (χ3n) is 4.71. The quantitative estimate of drug-likeness (QED) is 0.829. The van der Waals surface area contributed by atoms with Gasteiger partial charge in [0.05, 0.1) is 13.2 Å². The zero-order valence-electron chi connectivity index (χ0n) is 12.8. The Hall–Kier alpha value is -1.59. The van der Waals surface area contributed by atoms with Crippen LogP contribution in [0.1, 0.15) is 5.56 Å². The van der Waals surface area contributed by atoms with Gasteiger partial charge in [0.1, 0.15) is 11.9 Å². The number of hydrogen-bond acceptors (Lipinski definition) is 4. The number of likely N-dealkylation sites (tertiary alicyclic amines) is 2. The van der Waals surface area contributed by atoms with Gasteiger partial charge in [-0.1, -0.05) is 12.1 Å². The number of rotatable bonds is 4. The van der Waals surface area contributed by atoms with E-state index in [1.807, 2.05) is 24.1 Å². The summed E-state index contributed by atoms with van der Waals surface area (Å²) in [5.41, 5.74) is 1.26. The Labute approximate surface area is 125 Å². The molecule has 2 heterocycles. The standard InChI is InChI=1S/C16H22N2O3/c1-17-14-10-18(9-13(14)15(21-3)16(17)19)8-11-4-6-12(20-2)7-5-11/h4-7,13-15H,8-10H2,1-3H3/t13-,14+,15-/m0/s1. The van der Waals surface area contributed by atoms with E-state index in [1.165, 1.54) is 5.56 Å². The zero-order chi connectivity index (χ0) is 15.0. The normalized spacial score (nSPS) is 29.0. The maximum absolute atomic E-state index is 12.1. The van der Waals surface area contributed by atoms with Crippen LogP contribution >= 0.6 is 0 Å². The van der Waals surface area contributed by atoms with E-state index in [0.717, 1.165) is 25.4 Å². The minimum absolute atomic E-state index is 0.122. The van der Waals surface area contributed by atoms with Gasteiger partial charge in [0.15, 0.2) is 0 Å². The third-order valence-corrected chi connectivity index (χ3v) is 4.71. The first-order valence-electron chi connectivity index (χ1n) is 7.28. The highest BCUT2D eigenvalue weighted by molar-refractivity contribution is 5.84. The van der Waals surface area contributed by atoms with Gasteiger partial charge in [-0.05, 0) is 17.7 Å². The Bertz CT molecular complexity index is 517. The van der Waals surface area contributed by atoms with Crippen molar-refractivity contribution < 1.29 is 14.3 Å². The molecule has 5 heteroatoms. The van der Waals surface area contributed by atoms with Crippen LogP contribution in [0, 0.1) is 5.92 Å². The molecular weight excluding hydrogens is 268 g/mol. The number of amides is 1. The van der Waals surface area contributed by atoms with Crippen molar-refractivity contribution >= 4 is 5.91 Å². The fourth-order valence-corrected chi connectivity index (χ4v) is 3.54. The Kier molecular flexibility index (Phi) is 3.87. The van der Waals surface area contributed by atoms with Crippen molar-refractivity contribution in [3.05, 3.63) is 29.8 Å². The van der Waals surface area contributed by atoms with Crippen LogP contribution < -0.4 is 4.74 Å². The predicted octanol–water partition coefficient (Wildman–Crippen LogP) is 0.983. The van der Waals surface area contributed by atoms with Crippen LogP contribution in [0.15, 0.2) is 24.3 Å². The summed E-state index contributed by atoms with van der Waals surface area (Å²) >= 11 is 0. The van der Waals surface area contributed by atoms with Crippen LogP contribution in [0.5, 0.6) is 5.75 Å². The number of fused-ring (bicyclic) bond motifs is 1. The van der Waals surface area contributed by atoms with Crippen molar-refractivity contribution in [2.75, 3.05) is 34.4 Å². The fraction of sp³-hybridized carbons (Fsp3) is 0.562. The lowest BCUT2D eigenvalue weighted by molar-refractivity contribution is -0.136. The molecule has 1 aromatic carbocycles. The lowest BCUT2D eigenvalue weighted by Gasteiger charge is -2.21. The highest BCUT2D eigenvalue weighted by Crippen LogP contribution is 2.33. The monoisotopic (exact) mass is 290 g/mol. The molecule has 0 spiro atoms. The smallest absolute Gasteiger partial charge is 0.252 e. The Balaban J connectivity index is 1.66. The lowest BCUT2D eigenvalue weighted by atomic mass is 10.0. The van der Waals surface area contributed by atoms with Gasteiger partial charge in [0.25, 0.3) is 5.91 Å². The third kappa shape index (κ3) is 2.51. The van der Waals surface area contributed by atoms with Crippen LogP contribution in [0.3, 0.4) is 0 Å². The fourth-order valence-electron chi connectivity index (χ4n) is 3.54. The maximum atomic E-state index is 12.1. The molecule has 1 amide bonds. The van der Waals surface area contributed by atoms with Crippen LogP contribution in [-0.2, 0) is 16.1 Å². The summed E-state index contributed by atoms with van der Waals surface area (Å²) in [4.78, 5) is 16.3. The van der Waals surface area contributed by atoms with Crippen LogP contribution in [0.4, 0.5) is 0 Å². The van der Waals surface area contributed by atoms with Crippen LogP contribution in [0.25, 0.3) is 0 Å². The average molecular weight is 290 g/mol. The highest BCUT2D eigenvalue weighted by Gasteiger charge is 2.51. The van der Waals surface area contributed by atoms with Crippen molar-refractivity contribution in [1.29, 1.82) is 0 Å². The summed E-state index contributed by atoms with van der Waals surface area (Å²) in [5, 5.41) is 0. The van der Waals surface area contributed by atoms with E-state index in [9.17, 15) is 4.79 Å². The van der Waals surface area contributed by atoms with E-state index in [-0.39, 0.29) is 24.0 Å². The van der Waals surface area contributed by atoms with Crippen LogP contribution in [-0.4, -0.2) is 62.2 Å². The molecule has 2 saturated heterocycles. The molecule has 0 unspecified atom stereocenters. The van der Waals surface area contributed by atoms with E-state index >= 15 is 0 Å². The molecule has 21 heavy (non-hydrogen) atoms. The Morgan fingerprint density at radius 1 is 1.19 bits per heavy atom. The van der Waals surface area contributed by atoms with E-state index in [2.05, 4.69) is 17.0 Å². The summed E-state index contributed by atoms with van der Waals surface area (Å²) in [6.45, 7) is 2.72. The van der Waals surface area contributed by atoms with Gasteiger partial charge in [0, 0.05) is 39.7 Å². The number of nitrogens with zero attached hydrogens (tertiary/aromatic N) is 2. The first-order chi connectivity index (χ1) is 10.1. The largest absolute Gasteiger partial charge is 0.497 e. The van der Waals surface area contributed by atoms with Crippen LogP contribution in [0.2, 0.25) is 0 Å². The lowest BCUT2D eigenvalue weighted by Crippen LogP contribution is -2.36. The molecule has 1 aromatic rings. The molecule has 0 aromatic heterocycles. The topological polar surface area (TPSA) is 42.0 Å². The van der Waals surface area contributed by atoms with E-state index in [0.29, 0.717) is 0 Å². The first-order valence-corrected chi connectivity index (χ1v) is 7.28. The number of ether oxygens (including phenoxy) is 2. The summed E-state index contributed by atoms with van der Waals surface area (Å²) in [5.74, 6) is 1.28. The molecule has 2 fully saturated rings. The van der Waals surface area contributed by atoms with Crippen molar-refractivity contribution in [1.82, 2.24) is 9.80 Å². The summed E-state index contributed by atoms with van der Waals surface area (Å²) < 4.78 is 10.6. The first kappa shape index (κ1) is 14.4.